The lowest BCUT2D eigenvalue weighted by molar-refractivity contribution is 0.0655. The molecule has 2 aromatic rings. The molecule has 7 heteroatoms. The first-order valence-electron chi connectivity index (χ1n) is 7.62. The predicted octanol–water partition coefficient (Wildman–Crippen LogP) is 1.14. The van der Waals surface area contributed by atoms with E-state index in [0.29, 0.717) is 29.6 Å². The van der Waals surface area contributed by atoms with E-state index in [1.165, 1.54) is 4.90 Å². The molecule has 122 valence electrons. The molecule has 1 heterocycles. The molecule has 0 aliphatic carbocycles. The van der Waals surface area contributed by atoms with Crippen LogP contribution in [0.1, 0.15) is 27.1 Å². The molecular weight excluding hydrogens is 325 g/mol. The van der Waals surface area contributed by atoms with E-state index in [2.05, 4.69) is 0 Å². The summed E-state index contributed by atoms with van der Waals surface area (Å²) in [5.74, 6) is 0.260. The molecule has 0 saturated heterocycles. The first-order chi connectivity index (χ1) is 11.6. The number of amides is 2. The van der Waals surface area contributed by atoms with Gasteiger partial charge in [0.25, 0.3) is 11.8 Å². The highest BCUT2D eigenvalue weighted by molar-refractivity contribution is 7.99. The molecule has 1 aliphatic rings. The van der Waals surface area contributed by atoms with Crippen molar-refractivity contribution in [3.05, 3.63) is 59.7 Å². The van der Waals surface area contributed by atoms with Crippen LogP contribution in [0.3, 0.4) is 0 Å². The average molecular weight is 341 g/mol. The van der Waals surface area contributed by atoms with Crippen LogP contribution in [0, 0.1) is 0 Å². The van der Waals surface area contributed by atoms with Crippen LogP contribution >= 0.6 is 11.8 Å². The highest BCUT2D eigenvalue weighted by Gasteiger charge is 2.34. The molecule has 0 saturated carbocycles. The third-order valence-corrected chi connectivity index (χ3v) is 4.91. The van der Waals surface area contributed by atoms with E-state index in [4.69, 9.17) is 0 Å². The number of hydrogen-bond acceptors (Lipinski definition) is 5. The molecule has 0 aromatic heterocycles. The van der Waals surface area contributed by atoms with Crippen molar-refractivity contribution in [2.75, 3.05) is 12.3 Å². The third kappa shape index (κ3) is 3.38. The van der Waals surface area contributed by atoms with Crippen LogP contribution in [0.5, 0.6) is 0 Å². The van der Waals surface area contributed by atoms with Crippen molar-refractivity contribution in [1.82, 2.24) is 4.90 Å². The Morgan fingerprint density at radius 2 is 1.62 bits per heavy atom. The Kier molecular flexibility index (Phi) is 5.04. The molecule has 0 radical (unpaired) electrons. The van der Waals surface area contributed by atoms with Crippen molar-refractivity contribution in [1.29, 1.82) is 0 Å². The molecule has 0 atom stereocenters. The van der Waals surface area contributed by atoms with Gasteiger partial charge in [0.2, 0.25) is 0 Å². The van der Waals surface area contributed by atoms with E-state index in [9.17, 15) is 19.6 Å². The summed E-state index contributed by atoms with van der Waals surface area (Å²) >= 11 is 1.55. The topological polar surface area (TPSA) is 77.8 Å². The maximum absolute atomic E-state index is 12.2. The zero-order chi connectivity index (χ0) is 17.1. The standard InChI is InChI=1S/C17H16BNO4S/c20-16-14-7-1-2-8-15(14)17(21)19(16)9-4-10-24-13-6-3-5-12(11-13)18(22)23/h1-3,5-8,11,22-23H,4,9-10H2. The molecule has 0 fully saturated rings. The number of rotatable bonds is 6. The van der Waals surface area contributed by atoms with Crippen LogP contribution in [0.4, 0.5) is 0 Å². The summed E-state index contributed by atoms with van der Waals surface area (Å²) in [6, 6.07) is 13.9. The van der Waals surface area contributed by atoms with E-state index < -0.39 is 7.12 Å². The van der Waals surface area contributed by atoms with E-state index in [1.807, 2.05) is 6.07 Å². The summed E-state index contributed by atoms with van der Waals surface area (Å²) in [6.07, 6.45) is 0.669. The maximum Gasteiger partial charge on any atom is 0.488 e. The smallest absolute Gasteiger partial charge is 0.423 e. The summed E-state index contributed by atoms with van der Waals surface area (Å²) in [7, 11) is -1.48. The summed E-state index contributed by atoms with van der Waals surface area (Å²) in [4.78, 5) is 26.7. The quantitative estimate of drug-likeness (QED) is 0.357. The number of imide groups is 1. The first kappa shape index (κ1) is 16.8. The Morgan fingerprint density at radius 1 is 0.958 bits per heavy atom. The SMILES string of the molecule is O=C1c2ccccc2C(=O)N1CCCSc1cccc(B(O)O)c1. The lowest BCUT2D eigenvalue weighted by atomic mass is 9.80. The fourth-order valence-corrected chi connectivity index (χ4v) is 3.52. The van der Waals surface area contributed by atoms with Crippen LogP contribution in [-0.2, 0) is 0 Å². The molecule has 5 nitrogen and oxygen atoms in total. The van der Waals surface area contributed by atoms with Gasteiger partial charge in [0, 0.05) is 11.4 Å². The zero-order valence-electron chi connectivity index (χ0n) is 12.9. The molecule has 0 unspecified atom stereocenters. The van der Waals surface area contributed by atoms with Crippen LogP contribution in [0.2, 0.25) is 0 Å². The van der Waals surface area contributed by atoms with Gasteiger partial charge in [-0.2, -0.15) is 0 Å². The first-order valence-corrected chi connectivity index (χ1v) is 8.60. The Labute approximate surface area is 144 Å². The van der Waals surface area contributed by atoms with Crippen molar-refractivity contribution in [3.63, 3.8) is 0 Å². The molecule has 2 N–H and O–H groups in total. The van der Waals surface area contributed by atoms with Gasteiger partial charge < -0.3 is 10.0 Å². The Balaban J connectivity index is 1.54. The van der Waals surface area contributed by atoms with Crippen LogP contribution in [-0.4, -0.2) is 46.2 Å². The van der Waals surface area contributed by atoms with Gasteiger partial charge >= 0.3 is 7.12 Å². The van der Waals surface area contributed by atoms with E-state index >= 15 is 0 Å². The van der Waals surface area contributed by atoms with Gasteiger partial charge in [0.1, 0.15) is 0 Å². The molecule has 0 bridgehead atoms. The van der Waals surface area contributed by atoms with Gasteiger partial charge in [0.15, 0.2) is 0 Å². The minimum atomic E-state index is -1.48. The van der Waals surface area contributed by atoms with Gasteiger partial charge in [-0.05, 0) is 41.9 Å². The minimum Gasteiger partial charge on any atom is -0.423 e. The third-order valence-electron chi connectivity index (χ3n) is 3.83. The van der Waals surface area contributed by atoms with Crippen molar-refractivity contribution >= 4 is 36.2 Å². The second kappa shape index (κ2) is 7.21. The van der Waals surface area contributed by atoms with Crippen LogP contribution in [0.15, 0.2) is 53.4 Å². The fourth-order valence-electron chi connectivity index (χ4n) is 2.62. The van der Waals surface area contributed by atoms with Crippen molar-refractivity contribution in [2.24, 2.45) is 0 Å². The lowest BCUT2D eigenvalue weighted by Crippen LogP contribution is -2.31. The second-order valence-corrected chi connectivity index (χ2v) is 6.62. The molecule has 2 aromatic carbocycles. The normalized spacial score (nSPS) is 13.3. The second-order valence-electron chi connectivity index (χ2n) is 5.46. The number of nitrogens with zero attached hydrogens (tertiary/aromatic N) is 1. The molecule has 24 heavy (non-hydrogen) atoms. The molecule has 0 spiro atoms. The predicted molar refractivity (Wildman–Crippen MR) is 93.4 cm³/mol. The van der Waals surface area contributed by atoms with Gasteiger partial charge in [-0.15, -0.1) is 11.8 Å². The van der Waals surface area contributed by atoms with E-state index in [-0.39, 0.29) is 11.8 Å². The van der Waals surface area contributed by atoms with Gasteiger partial charge in [0.05, 0.1) is 11.1 Å². The largest absolute Gasteiger partial charge is 0.488 e. The molecule has 2 amide bonds. The Bertz CT molecular complexity index is 746. The van der Waals surface area contributed by atoms with E-state index in [0.717, 1.165) is 10.6 Å². The number of carbonyl (C=O) groups excluding carboxylic acids is 2. The van der Waals surface area contributed by atoms with Crippen LogP contribution in [0.25, 0.3) is 0 Å². The zero-order valence-corrected chi connectivity index (χ0v) is 13.7. The van der Waals surface area contributed by atoms with Crippen molar-refractivity contribution < 1.29 is 19.6 Å². The Morgan fingerprint density at radius 3 is 2.25 bits per heavy atom. The highest BCUT2D eigenvalue weighted by atomic mass is 32.2. The fraction of sp³-hybridized carbons (Fsp3) is 0.176. The number of carbonyl (C=O) groups is 2. The van der Waals surface area contributed by atoms with Crippen molar-refractivity contribution in [3.8, 4) is 0 Å². The number of thioether (sulfide) groups is 1. The molecule has 3 rings (SSSR count). The van der Waals surface area contributed by atoms with Crippen LogP contribution < -0.4 is 5.46 Å². The van der Waals surface area contributed by atoms with Gasteiger partial charge in [-0.3, -0.25) is 14.5 Å². The average Bonchev–Trinajstić information content (AvgIpc) is 2.84. The molecule has 1 aliphatic heterocycles. The highest BCUT2D eigenvalue weighted by Crippen LogP contribution is 2.23. The van der Waals surface area contributed by atoms with Gasteiger partial charge in [-0.1, -0.05) is 24.3 Å². The summed E-state index contributed by atoms with van der Waals surface area (Å²) < 4.78 is 0. The Hall–Kier alpha value is -2.09. The summed E-state index contributed by atoms with van der Waals surface area (Å²) in [6.45, 7) is 0.377. The summed E-state index contributed by atoms with van der Waals surface area (Å²) in [5.41, 5.74) is 1.39. The number of hydrogen-bond donors (Lipinski definition) is 2. The maximum atomic E-state index is 12.2. The number of benzene rings is 2. The van der Waals surface area contributed by atoms with Gasteiger partial charge in [-0.25, -0.2) is 0 Å². The lowest BCUT2D eigenvalue weighted by Gasteiger charge is -2.13. The summed E-state index contributed by atoms with van der Waals surface area (Å²) in [5, 5.41) is 18.3. The molecular formula is C17H16BNO4S. The minimum absolute atomic E-state index is 0.231. The van der Waals surface area contributed by atoms with Crippen molar-refractivity contribution in [2.45, 2.75) is 11.3 Å². The number of fused-ring (bicyclic) bond motifs is 1. The monoisotopic (exact) mass is 341 g/mol. The van der Waals surface area contributed by atoms with E-state index in [1.54, 1.807) is 54.2 Å².